The third-order valence-electron chi connectivity index (χ3n) is 3.61. The van der Waals surface area contributed by atoms with Crippen LogP contribution in [0.25, 0.3) is 11.0 Å². The number of nitrogens with one attached hydrogen (secondary N) is 1. The van der Waals surface area contributed by atoms with E-state index in [1.54, 1.807) is 36.4 Å². The average Bonchev–Trinajstić information content (AvgIpc) is 2.57. The van der Waals surface area contributed by atoms with E-state index in [9.17, 15) is 9.59 Å². The number of anilines is 1. The Hall–Kier alpha value is -2.79. The maximum Gasteiger partial charge on any atom is 0.349 e. The summed E-state index contributed by atoms with van der Waals surface area (Å²) < 4.78 is 10.4. The van der Waals surface area contributed by atoms with E-state index >= 15 is 0 Å². The molecule has 0 atom stereocenters. The Morgan fingerprint density at radius 2 is 1.96 bits per heavy atom. The third kappa shape index (κ3) is 2.98. The van der Waals surface area contributed by atoms with Gasteiger partial charge in [0.1, 0.15) is 16.9 Å². The molecule has 0 aliphatic rings. The standard InChI is InChI=1S/C18H14ClNO4/c1-10-7-14(16(23-2)9-13(10)19)20-17(21)12-8-11-5-3-4-6-15(11)24-18(12)22/h3-9H,1-2H3,(H,20,21). The van der Waals surface area contributed by atoms with Crippen molar-refractivity contribution in [2.45, 2.75) is 6.92 Å². The van der Waals surface area contributed by atoms with Gasteiger partial charge in [0.25, 0.3) is 5.91 Å². The van der Waals surface area contributed by atoms with Gasteiger partial charge in [-0.05, 0) is 30.7 Å². The maximum atomic E-state index is 12.5. The first-order chi connectivity index (χ1) is 11.5. The van der Waals surface area contributed by atoms with Gasteiger partial charge in [0, 0.05) is 16.5 Å². The SMILES string of the molecule is COc1cc(Cl)c(C)cc1NC(=O)c1cc2ccccc2oc1=O. The van der Waals surface area contributed by atoms with Crippen molar-refractivity contribution in [1.82, 2.24) is 0 Å². The van der Waals surface area contributed by atoms with E-state index in [-0.39, 0.29) is 5.56 Å². The smallest absolute Gasteiger partial charge is 0.349 e. The molecule has 0 saturated heterocycles. The third-order valence-corrected chi connectivity index (χ3v) is 4.02. The fourth-order valence-corrected chi connectivity index (χ4v) is 2.49. The second kappa shape index (κ2) is 6.37. The van der Waals surface area contributed by atoms with Crippen LogP contribution in [0, 0.1) is 6.92 Å². The van der Waals surface area contributed by atoms with E-state index in [4.69, 9.17) is 20.8 Å². The Bertz CT molecular complexity index is 994. The van der Waals surface area contributed by atoms with E-state index in [0.29, 0.717) is 27.4 Å². The first-order valence-corrected chi connectivity index (χ1v) is 7.56. The molecule has 0 bridgehead atoms. The van der Waals surface area contributed by atoms with Crippen molar-refractivity contribution in [2.24, 2.45) is 0 Å². The predicted octanol–water partition coefficient (Wildman–Crippen LogP) is 4.02. The van der Waals surface area contributed by atoms with Crippen molar-refractivity contribution in [3.8, 4) is 5.75 Å². The molecule has 0 saturated carbocycles. The lowest BCUT2D eigenvalue weighted by Gasteiger charge is -2.12. The molecule has 0 aliphatic carbocycles. The number of hydrogen-bond donors (Lipinski definition) is 1. The van der Waals surface area contributed by atoms with E-state index in [1.165, 1.54) is 13.2 Å². The van der Waals surface area contributed by atoms with Crippen LogP contribution in [0.5, 0.6) is 5.75 Å². The quantitative estimate of drug-likeness (QED) is 0.729. The van der Waals surface area contributed by atoms with E-state index in [1.807, 2.05) is 6.92 Å². The Morgan fingerprint density at radius 3 is 2.71 bits per heavy atom. The van der Waals surface area contributed by atoms with Gasteiger partial charge in [0.2, 0.25) is 0 Å². The summed E-state index contributed by atoms with van der Waals surface area (Å²) in [4.78, 5) is 24.5. The fourth-order valence-electron chi connectivity index (χ4n) is 2.34. The van der Waals surface area contributed by atoms with Crippen molar-refractivity contribution in [3.05, 3.63) is 69.0 Å². The van der Waals surface area contributed by atoms with Crippen molar-refractivity contribution in [3.63, 3.8) is 0 Å². The molecule has 3 rings (SSSR count). The van der Waals surface area contributed by atoms with E-state index in [2.05, 4.69) is 5.32 Å². The average molecular weight is 344 g/mol. The minimum atomic E-state index is -0.698. The molecule has 6 heteroatoms. The number of halogens is 1. The highest BCUT2D eigenvalue weighted by Crippen LogP contribution is 2.31. The zero-order chi connectivity index (χ0) is 17.3. The van der Waals surface area contributed by atoms with Gasteiger partial charge in [-0.15, -0.1) is 0 Å². The molecule has 0 spiro atoms. The molecule has 24 heavy (non-hydrogen) atoms. The number of carbonyl (C=O) groups is 1. The van der Waals surface area contributed by atoms with Crippen molar-refractivity contribution in [1.29, 1.82) is 0 Å². The summed E-state index contributed by atoms with van der Waals surface area (Å²) in [6.45, 7) is 1.81. The lowest BCUT2D eigenvalue weighted by Crippen LogP contribution is -2.21. The lowest BCUT2D eigenvalue weighted by molar-refractivity contribution is 0.102. The Morgan fingerprint density at radius 1 is 1.21 bits per heavy atom. The second-order valence-electron chi connectivity index (χ2n) is 5.24. The van der Waals surface area contributed by atoms with Gasteiger partial charge >= 0.3 is 5.63 Å². The summed E-state index contributed by atoms with van der Waals surface area (Å²) in [5, 5.41) is 3.86. The number of methoxy groups -OCH3 is 1. The minimum Gasteiger partial charge on any atom is -0.495 e. The molecule has 1 aromatic heterocycles. The summed E-state index contributed by atoms with van der Waals surface area (Å²) in [5.41, 5.74) is 0.855. The maximum absolute atomic E-state index is 12.5. The molecular formula is C18H14ClNO4. The first-order valence-electron chi connectivity index (χ1n) is 7.18. The number of fused-ring (bicyclic) bond motifs is 1. The van der Waals surface area contributed by atoms with Gasteiger partial charge in [0.15, 0.2) is 0 Å². The van der Waals surface area contributed by atoms with Crippen molar-refractivity contribution < 1.29 is 13.9 Å². The first kappa shape index (κ1) is 16.1. The van der Waals surface area contributed by atoms with Crippen LogP contribution >= 0.6 is 11.6 Å². The van der Waals surface area contributed by atoms with Crippen LogP contribution in [-0.2, 0) is 0 Å². The largest absolute Gasteiger partial charge is 0.495 e. The molecule has 1 N–H and O–H groups in total. The Balaban J connectivity index is 2.00. The number of amides is 1. The number of benzene rings is 2. The van der Waals surface area contributed by atoms with Crippen molar-refractivity contribution in [2.75, 3.05) is 12.4 Å². The fraction of sp³-hybridized carbons (Fsp3) is 0.111. The molecule has 0 aliphatic heterocycles. The van der Waals surface area contributed by atoms with Crippen LogP contribution in [0.1, 0.15) is 15.9 Å². The van der Waals surface area contributed by atoms with Crippen LogP contribution < -0.4 is 15.7 Å². The summed E-state index contributed by atoms with van der Waals surface area (Å²) in [6.07, 6.45) is 0. The summed E-state index contributed by atoms with van der Waals surface area (Å²) in [5.74, 6) is -0.168. The summed E-state index contributed by atoms with van der Waals surface area (Å²) >= 11 is 6.05. The van der Waals surface area contributed by atoms with Gasteiger partial charge in [-0.25, -0.2) is 4.79 Å². The molecule has 1 amide bonds. The number of para-hydroxylation sites is 1. The predicted molar refractivity (Wildman–Crippen MR) is 93.2 cm³/mol. The van der Waals surface area contributed by atoms with E-state index < -0.39 is 11.5 Å². The normalized spacial score (nSPS) is 10.6. The molecule has 1 heterocycles. The molecule has 0 radical (unpaired) electrons. The Labute approximate surface area is 142 Å². The molecular weight excluding hydrogens is 330 g/mol. The summed E-state index contributed by atoms with van der Waals surface area (Å²) in [7, 11) is 1.47. The van der Waals surface area contributed by atoms with Gasteiger partial charge in [0.05, 0.1) is 12.8 Å². The number of carbonyl (C=O) groups excluding carboxylic acids is 1. The van der Waals surface area contributed by atoms with Crippen LogP contribution in [0.4, 0.5) is 5.69 Å². The number of hydrogen-bond acceptors (Lipinski definition) is 4. The molecule has 2 aromatic carbocycles. The molecule has 122 valence electrons. The molecule has 0 fully saturated rings. The monoisotopic (exact) mass is 343 g/mol. The zero-order valence-electron chi connectivity index (χ0n) is 13.1. The van der Waals surface area contributed by atoms with Crippen LogP contribution in [0.2, 0.25) is 5.02 Å². The Kier molecular flexibility index (Phi) is 4.27. The second-order valence-corrected chi connectivity index (χ2v) is 5.65. The summed E-state index contributed by atoms with van der Waals surface area (Å²) in [6, 6.07) is 11.8. The van der Waals surface area contributed by atoms with Crippen LogP contribution in [-0.4, -0.2) is 13.0 Å². The van der Waals surface area contributed by atoms with Gasteiger partial charge in [-0.3, -0.25) is 4.79 Å². The zero-order valence-corrected chi connectivity index (χ0v) is 13.8. The van der Waals surface area contributed by atoms with Gasteiger partial charge in [-0.2, -0.15) is 0 Å². The lowest BCUT2D eigenvalue weighted by atomic mass is 10.1. The topological polar surface area (TPSA) is 68.5 Å². The molecule has 5 nitrogen and oxygen atoms in total. The van der Waals surface area contributed by atoms with Crippen LogP contribution in [0.3, 0.4) is 0 Å². The number of aryl methyl sites for hydroxylation is 1. The van der Waals surface area contributed by atoms with Crippen molar-refractivity contribution >= 4 is 34.2 Å². The highest BCUT2D eigenvalue weighted by atomic mass is 35.5. The minimum absolute atomic E-state index is 0.0802. The van der Waals surface area contributed by atoms with Gasteiger partial charge < -0.3 is 14.5 Å². The van der Waals surface area contributed by atoms with Gasteiger partial charge in [-0.1, -0.05) is 29.8 Å². The highest BCUT2D eigenvalue weighted by molar-refractivity contribution is 6.31. The molecule has 0 unspecified atom stereocenters. The van der Waals surface area contributed by atoms with E-state index in [0.717, 1.165) is 5.56 Å². The van der Waals surface area contributed by atoms with Crippen LogP contribution in [0.15, 0.2) is 51.7 Å². The number of ether oxygens (including phenoxy) is 1. The molecule has 3 aromatic rings. The number of rotatable bonds is 3. The highest BCUT2D eigenvalue weighted by Gasteiger charge is 2.16.